The molecule has 6 rings (SSSR count). The van der Waals surface area contributed by atoms with Crippen molar-refractivity contribution in [1.29, 1.82) is 0 Å². The number of alkyl carbamates (subject to hydrolysis) is 1. The highest BCUT2D eigenvalue weighted by molar-refractivity contribution is 5.81. The first-order chi connectivity index (χ1) is 25.0. The van der Waals surface area contributed by atoms with Crippen LogP contribution in [-0.2, 0) is 20.8 Å². The lowest BCUT2D eigenvalue weighted by molar-refractivity contribution is -0.138. The molecule has 0 aromatic heterocycles. The van der Waals surface area contributed by atoms with Gasteiger partial charge in [0.2, 0.25) is 5.91 Å². The van der Waals surface area contributed by atoms with Crippen molar-refractivity contribution in [2.75, 3.05) is 26.2 Å². The van der Waals surface area contributed by atoms with Crippen LogP contribution in [0, 0.1) is 11.8 Å². The van der Waals surface area contributed by atoms with Crippen LogP contribution in [0.15, 0.2) is 109 Å². The van der Waals surface area contributed by atoms with Crippen molar-refractivity contribution >= 4 is 18.1 Å². The smallest absolute Gasteiger partial charge is 0.409 e. The summed E-state index contributed by atoms with van der Waals surface area (Å²) in [4.78, 5) is 45.2. The van der Waals surface area contributed by atoms with Gasteiger partial charge in [-0.1, -0.05) is 123 Å². The Morgan fingerprint density at radius 2 is 1.38 bits per heavy atom. The van der Waals surface area contributed by atoms with E-state index in [9.17, 15) is 14.4 Å². The zero-order valence-corrected chi connectivity index (χ0v) is 31.0. The Morgan fingerprint density at radius 3 is 1.98 bits per heavy atom. The fourth-order valence-electron chi connectivity index (χ4n) is 7.62. The lowest BCUT2D eigenvalue weighted by Gasteiger charge is -2.40. The van der Waals surface area contributed by atoms with Crippen molar-refractivity contribution in [3.05, 3.63) is 131 Å². The van der Waals surface area contributed by atoms with Crippen LogP contribution in [0.25, 0.3) is 11.1 Å². The standard InChI is InChI=1S/C44H51N3O5/c1-30(2)39(32-18-10-7-11-19-32)28-46(25-31-16-8-6-9-17-31)41(48)33-24-34(45-42(49)52-44(3,4)5)27-47(26-33)43(50)51-29-40-37-22-14-12-20-35(37)36-21-13-15-23-38(36)40/h6-23,30,33-34,39-40H,24-29H2,1-5H3,(H,45,49). The number of fused-ring (bicyclic) bond motifs is 3. The van der Waals surface area contributed by atoms with Gasteiger partial charge in [0.05, 0.1) is 12.0 Å². The molecule has 8 nitrogen and oxygen atoms in total. The van der Waals surface area contributed by atoms with Crippen LogP contribution in [0.1, 0.15) is 75.1 Å². The third kappa shape index (κ3) is 8.84. The molecule has 1 saturated heterocycles. The first kappa shape index (κ1) is 36.7. The lowest BCUT2D eigenvalue weighted by Crippen LogP contribution is -2.56. The molecule has 52 heavy (non-hydrogen) atoms. The van der Waals surface area contributed by atoms with E-state index in [1.807, 2.05) is 98.5 Å². The molecule has 3 unspecified atom stereocenters. The molecule has 2 aliphatic rings. The topological polar surface area (TPSA) is 88.2 Å². The Kier molecular flexibility index (Phi) is 11.3. The molecule has 0 bridgehead atoms. The summed E-state index contributed by atoms with van der Waals surface area (Å²) in [5, 5.41) is 2.96. The number of piperidine rings is 1. The summed E-state index contributed by atoms with van der Waals surface area (Å²) in [6.45, 7) is 11.3. The highest BCUT2D eigenvalue weighted by Gasteiger charge is 2.39. The van der Waals surface area contributed by atoms with Gasteiger partial charge in [0.15, 0.2) is 0 Å². The fraction of sp³-hybridized carbons (Fsp3) is 0.386. The highest BCUT2D eigenvalue weighted by Crippen LogP contribution is 2.44. The number of rotatable bonds is 10. The normalized spacial score (nSPS) is 17.5. The number of nitrogens with one attached hydrogen (secondary N) is 1. The van der Waals surface area contributed by atoms with Gasteiger partial charge in [-0.25, -0.2) is 9.59 Å². The van der Waals surface area contributed by atoms with Gasteiger partial charge in [0.25, 0.3) is 0 Å². The molecule has 0 spiro atoms. The highest BCUT2D eigenvalue weighted by atomic mass is 16.6. The van der Waals surface area contributed by atoms with E-state index in [-0.39, 0.29) is 43.4 Å². The first-order valence-corrected chi connectivity index (χ1v) is 18.4. The summed E-state index contributed by atoms with van der Waals surface area (Å²) in [7, 11) is 0. The maximum atomic E-state index is 14.8. The van der Waals surface area contributed by atoms with Crippen LogP contribution in [-0.4, -0.2) is 65.8 Å². The van der Waals surface area contributed by atoms with Gasteiger partial charge < -0.3 is 24.6 Å². The SMILES string of the molecule is CC(C)C(CN(Cc1ccccc1)C(=O)C1CC(NC(=O)OC(C)(C)C)CN(C(=O)OCC2c3ccccc3-c3ccccc32)C1)c1ccccc1. The Bertz CT molecular complexity index is 1790. The molecule has 8 heteroatoms. The molecule has 0 radical (unpaired) electrons. The predicted octanol–water partition coefficient (Wildman–Crippen LogP) is 8.62. The monoisotopic (exact) mass is 701 g/mol. The molecule has 4 aromatic carbocycles. The van der Waals surface area contributed by atoms with E-state index < -0.39 is 29.7 Å². The second kappa shape index (κ2) is 16.1. The van der Waals surface area contributed by atoms with E-state index in [0.717, 1.165) is 27.8 Å². The quantitative estimate of drug-likeness (QED) is 0.179. The van der Waals surface area contributed by atoms with Crippen molar-refractivity contribution in [2.24, 2.45) is 11.8 Å². The second-order valence-corrected chi connectivity index (χ2v) is 15.5. The Balaban J connectivity index is 1.24. The first-order valence-electron chi connectivity index (χ1n) is 18.4. The second-order valence-electron chi connectivity index (χ2n) is 15.5. The molecule has 1 N–H and O–H groups in total. The van der Waals surface area contributed by atoms with Crippen LogP contribution in [0.4, 0.5) is 9.59 Å². The third-order valence-electron chi connectivity index (χ3n) is 10.1. The molecule has 4 aromatic rings. The number of amides is 3. The minimum absolute atomic E-state index is 0.0578. The number of carbonyl (C=O) groups excluding carboxylic acids is 3. The molecule has 0 saturated carbocycles. The molecular formula is C44H51N3O5. The zero-order chi connectivity index (χ0) is 36.8. The van der Waals surface area contributed by atoms with Crippen LogP contribution >= 0.6 is 0 Å². The Morgan fingerprint density at radius 1 is 0.808 bits per heavy atom. The van der Waals surface area contributed by atoms with Gasteiger partial charge in [0.1, 0.15) is 12.2 Å². The van der Waals surface area contributed by atoms with E-state index in [4.69, 9.17) is 9.47 Å². The fourth-order valence-corrected chi connectivity index (χ4v) is 7.62. The van der Waals surface area contributed by atoms with E-state index in [1.54, 1.807) is 4.90 Å². The number of likely N-dealkylation sites (tertiary alicyclic amines) is 1. The summed E-state index contributed by atoms with van der Waals surface area (Å²) >= 11 is 0. The lowest BCUT2D eigenvalue weighted by atomic mass is 9.87. The molecule has 1 aliphatic heterocycles. The number of benzene rings is 4. The van der Waals surface area contributed by atoms with Crippen LogP contribution in [0.2, 0.25) is 0 Å². The molecule has 1 fully saturated rings. The van der Waals surface area contributed by atoms with Gasteiger partial charge in [-0.3, -0.25) is 4.79 Å². The molecule has 272 valence electrons. The number of nitrogens with zero attached hydrogens (tertiary/aromatic N) is 2. The van der Waals surface area contributed by atoms with E-state index in [0.29, 0.717) is 19.5 Å². The summed E-state index contributed by atoms with van der Waals surface area (Å²) in [5.74, 6) is -0.342. The summed E-state index contributed by atoms with van der Waals surface area (Å²) in [5.41, 5.74) is 6.06. The summed E-state index contributed by atoms with van der Waals surface area (Å²) in [6, 6.07) is 36.3. The molecule has 3 atom stereocenters. The van der Waals surface area contributed by atoms with Crippen LogP contribution < -0.4 is 5.32 Å². The van der Waals surface area contributed by atoms with Crippen molar-refractivity contribution in [1.82, 2.24) is 15.1 Å². The van der Waals surface area contributed by atoms with Crippen LogP contribution in [0.3, 0.4) is 0 Å². The minimum Gasteiger partial charge on any atom is -0.448 e. The van der Waals surface area contributed by atoms with Crippen molar-refractivity contribution in [2.45, 2.75) is 71.1 Å². The number of carbonyl (C=O) groups is 3. The Labute approximate surface area is 308 Å². The van der Waals surface area contributed by atoms with Crippen molar-refractivity contribution in [3.63, 3.8) is 0 Å². The van der Waals surface area contributed by atoms with Gasteiger partial charge in [-0.2, -0.15) is 0 Å². The van der Waals surface area contributed by atoms with Gasteiger partial charge in [0, 0.05) is 38.0 Å². The van der Waals surface area contributed by atoms with Crippen molar-refractivity contribution < 1.29 is 23.9 Å². The van der Waals surface area contributed by atoms with E-state index in [1.165, 1.54) is 5.56 Å². The van der Waals surface area contributed by atoms with Gasteiger partial charge in [-0.15, -0.1) is 0 Å². The number of hydrogen-bond donors (Lipinski definition) is 1. The maximum absolute atomic E-state index is 14.8. The molecule has 1 aliphatic carbocycles. The zero-order valence-electron chi connectivity index (χ0n) is 31.0. The maximum Gasteiger partial charge on any atom is 0.409 e. The van der Waals surface area contributed by atoms with Crippen LogP contribution in [0.5, 0.6) is 0 Å². The Hall–Kier alpha value is -5.11. The van der Waals surface area contributed by atoms with Gasteiger partial charge >= 0.3 is 12.2 Å². The van der Waals surface area contributed by atoms with E-state index in [2.05, 4.69) is 55.6 Å². The van der Waals surface area contributed by atoms with E-state index >= 15 is 0 Å². The summed E-state index contributed by atoms with van der Waals surface area (Å²) in [6.07, 6.45) is -0.716. The average Bonchev–Trinajstić information content (AvgIpc) is 3.45. The average molecular weight is 702 g/mol. The third-order valence-corrected chi connectivity index (χ3v) is 10.1. The summed E-state index contributed by atoms with van der Waals surface area (Å²) < 4.78 is 11.7. The molecule has 3 amide bonds. The molecular weight excluding hydrogens is 650 g/mol. The number of ether oxygens (including phenoxy) is 2. The number of hydrogen-bond acceptors (Lipinski definition) is 5. The van der Waals surface area contributed by atoms with Crippen molar-refractivity contribution in [3.8, 4) is 11.1 Å². The largest absolute Gasteiger partial charge is 0.448 e. The predicted molar refractivity (Wildman–Crippen MR) is 204 cm³/mol. The minimum atomic E-state index is -0.698. The molecule has 1 heterocycles. The van der Waals surface area contributed by atoms with Gasteiger partial charge in [-0.05, 0) is 66.5 Å².